The minimum atomic E-state index is -0.0971. The van der Waals surface area contributed by atoms with Crippen molar-refractivity contribution in [3.05, 3.63) is 59.9 Å². The summed E-state index contributed by atoms with van der Waals surface area (Å²) in [4.78, 5) is 18.5. The van der Waals surface area contributed by atoms with Crippen LogP contribution in [0.3, 0.4) is 0 Å². The zero-order chi connectivity index (χ0) is 17.4. The topological polar surface area (TPSA) is 54.5 Å². The van der Waals surface area contributed by atoms with Gasteiger partial charge >= 0.3 is 6.03 Å². The lowest BCUT2D eigenvalue weighted by molar-refractivity contribution is 0.182. The molecule has 0 bridgehead atoms. The van der Waals surface area contributed by atoms with Gasteiger partial charge in [0.15, 0.2) is 0 Å². The van der Waals surface area contributed by atoms with Crippen LogP contribution in [0.25, 0.3) is 0 Å². The highest BCUT2D eigenvalue weighted by atomic mass is 16.5. The maximum atomic E-state index is 12.6. The van der Waals surface area contributed by atoms with Crippen molar-refractivity contribution in [2.75, 3.05) is 13.2 Å². The molecule has 1 aromatic carbocycles. The first kappa shape index (κ1) is 17.8. The smallest absolute Gasteiger partial charge is 0.318 e. The lowest BCUT2D eigenvalue weighted by Gasteiger charge is -2.28. The third-order valence-electron chi connectivity index (χ3n) is 3.94. The summed E-state index contributed by atoms with van der Waals surface area (Å²) in [5.41, 5.74) is 1.99. The van der Waals surface area contributed by atoms with Crippen LogP contribution in [0, 0.1) is 0 Å². The molecule has 5 nitrogen and oxygen atoms in total. The predicted molar refractivity (Wildman–Crippen MR) is 94.9 cm³/mol. The zero-order valence-electron chi connectivity index (χ0n) is 14.5. The van der Waals surface area contributed by atoms with Crippen LogP contribution in [0.5, 0.6) is 5.75 Å². The van der Waals surface area contributed by atoms with Crippen molar-refractivity contribution >= 4 is 6.03 Å². The van der Waals surface area contributed by atoms with E-state index in [1.807, 2.05) is 57.2 Å². The summed E-state index contributed by atoms with van der Waals surface area (Å²) < 4.78 is 5.60. The third-order valence-corrected chi connectivity index (χ3v) is 3.94. The van der Waals surface area contributed by atoms with Gasteiger partial charge in [-0.3, -0.25) is 4.98 Å². The average molecular weight is 327 g/mol. The lowest BCUT2D eigenvalue weighted by atomic mass is 10.1. The van der Waals surface area contributed by atoms with E-state index in [1.165, 1.54) is 0 Å². The van der Waals surface area contributed by atoms with E-state index in [9.17, 15) is 4.79 Å². The van der Waals surface area contributed by atoms with Crippen molar-refractivity contribution in [2.24, 2.45) is 0 Å². The van der Waals surface area contributed by atoms with Gasteiger partial charge < -0.3 is 15.0 Å². The van der Waals surface area contributed by atoms with Crippen molar-refractivity contribution in [2.45, 2.75) is 33.4 Å². The van der Waals surface area contributed by atoms with Gasteiger partial charge in [-0.15, -0.1) is 0 Å². The molecular formula is C19H25N3O2. The van der Waals surface area contributed by atoms with E-state index in [-0.39, 0.29) is 12.1 Å². The van der Waals surface area contributed by atoms with Gasteiger partial charge in [-0.25, -0.2) is 4.79 Å². The highest BCUT2D eigenvalue weighted by Gasteiger charge is 2.20. The minimum Gasteiger partial charge on any atom is -0.494 e. The number of hydrogen-bond donors (Lipinski definition) is 1. The van der Waals surface area contributed by atoms with E-state index in [4.69, 9.17) is 4.74 Å². The largest absolute Gasteiger partial charge is 0.494 e. The normalized spacial score (nSPS) is 11.6. The quantitative estimate of drug-likeness (QED) is 0.842. The summed E-state index contributed by atoms with van der Waals surface area (Å²) in [5, 5.41) is 2.99. The lowest BCUT2D eigenvalue weighted by Crippen LogP contribution is -2.41. The highest BCUT2D eigenvalue weighted by Crippen LogP contribution is 2.20. The van der Waals surface area contributed by atoms with Gasteiger partial charge in [-0.1, -0.05) is 24.3 Å². The number of pyridine rings is 1. The molecule has 0 aliphatic heterocycles. The molecule has 1 heterocycles. The molecule has 2 rings (SSSR count). The fourth-order valence-electron chi connectivity index (χ4n) is 2.61. The Kier molecular flexibility index (Phi) is 6.61. The number of hydrogen-bond acceptors (Lipinski definition) is 3. The Bertz CT molecular complexity index is 646. The first-order chi connectivity index (χ1) is 11.7. The van der Waals surface area contributed by atoms with Crippen LogP contribution in [-0.2, 0) is 6.54 Å². The molecule has 0 aliphatic rings. The van der Waals surface area contributed by atoms with Gasteiger partial charge in [0.25, 0.3) is 0 Å². The minimum absolute atomic E-state index is 0.0363. The second kappa shape index (κ2) is 8.91. The van der Waals surface area contributed by atoms with E-state index >= 15 is 0 Å². The van der Waals surface area contributed by atoms with Crippen LogP contribution in [0.2, 0.25) is 0 Å². The molecule has 128 valence electrons. The molecule has 5 heteroatoms. The van der Waals surface area contributed by atoms with Crippen molar-refractivity contribution in [1.29, 1.82) is 0 Å². The number of ether oxygens (including phenoxy) is 1. The number of nitrogens with one attached hydrogen (secondary N) is 1. The standard InChI is InChI=1S/C19H25N3O2/c1-4-22(15(3)16-10-8-12-20-13-16)19(23)21-14-17-9-6-7-11-18(17)24-5-2/h6-13,15H,4-5,14H2,1-3H3,(H,21,23)/t15-/m0/s1. The Hall–Kier alpha value is -2.56. The van der Waals surface area contributed by atoms with Crippen LogP contribution < -0.4 is 10.1 Å². The van der Waals surface area contributed by atoms with Gasteiger partial charge in [0.05, 0.1) is 12.6 Å². The molecule has 0 radical (unpaired) electrons. The van der Waals surface area contributed by atoms with Crippen molar-refractivity contribution < 1.29 is 9.53 Å². The number of benzene rings is 1. The molecule has 1 N–H and O–H groups in total. The Balaban J connectivity index is 2.02. The fourth-order valence-corrected chi connectivity index (χ4v) is 2.61. The number of nitrogens with zero attached hydrogens (tertiary/aromatic N) is 2. The Morgan fingerprint density at radius 1 is 1.25 bits per heavy atom. The molecule has 1 aromatic heterocycles. The molecule has 0 unspecified atom stereocenters. The molecule has 0 saturated carbocycles. The fraction of sp³-hybridized carbons (Fsp3) is 0.368. The van der Waals surface area contributed by atoms with E-state index < -0.39 is 0 Å². The molecule has 24 heavy (non-hydrogen) atoms. The number of aromatic nitrogens is 1. The maximum absolute atomic E-state index is 12.6. The number of rotatable bonds is 7. The second-order valence-corrected chi connectivity index (χ2v) is 5.45. The maximum Gasteiger partial charge on any atom is 0.318 e. The summed E-state index contributed by atoms with van der Waals surface area (Å²) >= 11 is 0. The number of carbonyl (C=O) groups is 1. The molecule has 1 atom stereocenters. The summed E-state index contributed by atoms with van der Waals surface area (Å²) in [6.45, 7) is 7.59. The molecule has 0 aliphatic carbocycles. The Labute approximate surface area is 143 Å². The van der Waals surface area contributed by atoms with Crippen molar-refractivity contribution in [1.82, 2.24) is 15.2 Å². The SMILES string of the molecule is CCOc1ccccc1CNC(=O)N(CC)[C@@H](C)c1cccnc1. The second-order valence-electron chi connectivity index (χ2n) is 5.45. The first-order valence-corrected chi connectivity index (χ1v) is 8.32. The van der Waals surface area contributed by atoms with Crippen molar-refractivity contribution in [3.8, 4) is 5.75 Å². The van der Waals surface area contributed by atoms with Gasteiger partial charge in [0.1, 0.15) is 5.75 Å². The van der Waals surface area contributed by atoms with Gasteiger partial charge in [0.2, 0.25) is 0 Å². The molecule has 0 fully saturated rings. The average Bonchev–Trinajstić information content (AvgIpc) is 2.62. The van der Waals surface area contributed by atoms with Crippen molar-refractivity contribution in [3.63, 3.8) is 0 Å². The molecule has 0 saturated heterocycles. The molecular weight excluding hydrogens is 302 g/mol. The van der Waals surface area contributed by atoms with E-state index in [0.29, 0.717) is 19.7 Å². The number of para-hydroxylation sites is 1. The van der Waals surface area contributed by atoms with E-state index in [2.05, 4.69) is 10.3 Å². The number of amides is 2. The summed E-state index contributed by atoms with van der Waals surface area (Å²) in [5.74, 6) is 0.809. The summed E-state index contributed by atoms with van der Waals surface area (Å²) in [7, 11) is 0. The highest BCUT2D eigenvalue weighted by molar-refractivity contribution is 5.74. The van der Waals surface area contributed by atoms with Crippen LogP contribution in [0.1, 0.15) is 37.9 Å². The monoisotopic (exact) mass is 327 g/mol. The van der Waals surface area contributed by atoms with E-state index in [1.54, 1.807) is 17.3 Å². The number of urea groups is 1. The van der Waals surface area contributed by atoms with Crippen LogP contribution in [-0.4, -0.2) is 29.1 Å². The third kappa shape index (κ3) is 4.47. The first-order valence-electron chi connectivity index (χ1n) is 8.32. The van der Waals surface area contributed by atoms with E-state index in [0.717, 1.165) is 16.9 Å². The van der Waals surface area contributed by atoms with Gasteiger partial charge in [-0.2, -0.15) is 0 Å². The van der Waals surface area contributed by atoms with Crippen LogP contribution in [0.4, 0.5) is 4.79 Å². The summed E-state index contributed by atoms with van der Waals surface area (Å²) in [6, 6.07) is 11.5. The molecule has 2 amide bonds. The zero-order valence-corrected chi connectivity index (χ0v) is 14.5. The molecule has 2 aromatic rings. The van der Waals surface area contributed by atoms with Gasteiger partial charge in [-0.05, 0) is 38.5 Å². The predicted octanol–water partition coefficient (Wildman–Crippen LogP) is 3.77. The Morgan fingerprint density at radius 3 is 2.71 bits per heavy atom. The van der Waals surface area contributed by atoms with Crippen LogP contribution >= 0.6 is 0 Å². The number of carbonyl (C=O) groups excluding carboxylic acids is 1. The van der Waals surface area contributed by atoms with Crippen LogP contribution in [0.15, 0.2) is 48.8 Å². The van der Waals surface area contributed by atoms with Gasteiger partial charge in [0, 0.05) is 31.0 Å². The Morgan fingerprint density at radius 2 is 2.04 bits per heavy atom. The summed E-state index contributed by atoms with van der Waals surface area (Å²) in [6.07, 6.45) is 3.53. The molecule has 0 spiro atoms.